The number of rotatable bonds is 4. The number of ether oxygens (including phenoxy) is 1. The van der Waals surface area contributed by atoms with Crippen molar-refractivity contribution in [3.63, 3.8) is 0 Å². The summed E-state index contributed by atoms with van der Waals surface area (Å²) in [6.45, 7) is 6.91. The van der Waals surface area contributed by atoms with Gasteiger partial charge in [0.05, 0.1) is 5.39 Å². The highest BCUT2D eigenvalue weighted by molar-refractivity contribution is 7.16. The Kier molecular flexibility index (Phi) is 3.75. The van der Waals surface area contributed by atoms with Gasteiger partial charge in [0.1, 0.15) is 10.6 Å². The molecule has 2 aromatic heterocycles. The van der Waals surface area contributed by atoms with Crippen LogP contribution in [0.1, 0.15) is 18.1 Å². The lowest BCUT2D eigenvalue weighted by atomic mass is 10.1. The predicted molar refractivity (Wildman–Crippen MR) is 87.6 cm³/mol. The van der Waals surface area contributed by atoms with Gasteiger partial charge in [0.25, 0.3) is 0 Å². The number of thiophene rings is 1. The van der Waals surface area contributed by atoms with Crippen molar-refractivity contribution in [1.82, 2.24) is 9.97 Å². The second-order valence-corrected chi connectivity index (χ2v) is 5.79. The van der Waals surface area contributed by atoms with E-state index in [9.17, 15) is 0 Å². The third-order valence-corrected chi connectivity index (χ3v) is 3.97. The first-order valence-electron chi connectivity index (χ1n) is 6.91. The number of fused-ring (bicyclic) bond motifs is 1. The van der Waals surface area contributed by atoms with Crippen molar-refractivity contribution in [2.45, 2.75) is 20.8 Å². The fourth-order valence-electron chi connectivity index (χ4n) is 2.16. The highest BCUT2D eigenvalue weighted by Gasteiger charge is 2.11. The molecule has 0 bridgehead atoms. The van der Waals surface area contributed by atoms with Crippen LogP contribution in [0.25, 0.3) is 10.2 Å². The van der Waals surface area contributed by atoms with Crippen molar-refractivity contribution in [2.24, 2.45) is 0 Å². The molecule has 0 unspecified atom stereocenters. The average Bonchev–Trinajstić information content (AvgIpc) is 2.91. The summed E-state index contributed by atoms with van der Waals surface area (Å²) in [6.07, 6.45) is 0. The molecule has 0 saturated carbocycles. The molecule has 3 aromatic rings. The number of nitrogens with zero attached hydrogens (tertiary/aromatic N) is 2. The molecule has 0 aliphatic rings. The standard InChI is InChI=1S/C16H17N3OS/c1-4-17-16-18-14(12-7-8-21-15(12)19-16)20-13-6-5-10(2)9-11(13)3/h5-9H,4H2,1-3H3,(H,17,18,19). The van der Waals surface area contributed by atoms with Gasteiger partial charge >= 0.3 is 0 Å². The van der Waals surface area contributed by atoms with E-state index in [-0.39, 0.29) is 0 Å². The zero-order valence-electron chi connectivity index (χ0n) is 12.3. The SMILES string of the molecule is CCNc1nc(Oc2ccc(C)cc2C)c2ccsc2n1. The molecular weight excluding hydrogens is 282 g/mol. The Morgan fingerprint density at radius 1 is 1.19 bits per heavy atom. The van der Waals surface area contributed by atoms with E-state index in [1.54, 1.807) is 11.3 Å². The molecule has 0 fully saturated rings. The Morgan fingerprint density at radius 3 is 2.81 bits per heavy atom. The molecule has 0 spiro atoms. The van der Waals surface area contributed by atoms with Crippen molar-refractivity contribution in [3.8, 4) is 11.6 Å². The topological polar surface area (TPSA) is 47.0 Å². The molecule has 0 saturated heterocycles. The highest BCUT2D eigenvalue weighted by Crippen LogP contribution is 2.32. The Bertz CT molecular complexity index is 782. The van der Waals surface area contributed by atoms with E-state index in [1.165, 1.54) is 5.56 Å². The number of hydrogen-bond acceptors (Lipinski definition) is 5. The quantitative estimate of drug-likeness (QED) is 0.768. The summed E-state index contributed by atoms with van der Waals surface area (Å²) in [5.74, 6) is 2.03. The Hall–Kier alpha value is -2.14. The molecule has 0 atom stereocenters. The van der Waals surface area contributed by atoms with Gasteiger partial charge in [-0.15, -0.1) is 11.3 Å². The first-order chi connectivity index (χ1) is 10.2. The largest absolute Gasteiger partial charge is 0.438 e. The second kappa shape index (κ2) is 5.69. The molecule has 0 amide bonds. The zero-order chi connectivity index (χ0) is 14.8. The monoisotopic (exact) mass is 299 g/mol. The van der Waals surface area contributed by atoms with Crippen LogP contribution in [0.5, 0.6) is 11.6 Å². The Balaban J connectivity index is 2.04. The second-order valence-electron chi connectivity index (χ2n) is 4.89. The van der Waals surface area contributed by atoms with E-state index in [4.69, 9.17) is 4.74 Å². The maximum Gasteiger partial charge on any atom is 0.232 e. The molecular formula is C16H17N3OS. The number of hydrogen-bond donors (Lipinski definition) is 1. The van der Waals surface area contributed by atoms with E-state index in [0.717, 1.165) is 28.1 Å². The van der Waals surface area contributed by atoms with Gasteiger partial charge in [-0.2, -0.15) is 4.98 Å². The molecule has 0 aliphatic carbocycles. The minimum absolute atomic E-state index is 0.601. The number of aromatic nitrogens is 2. The summed E-state index contributed by atoms with van der Waals surface area (Å²) < 4.78 is 6.04. The summed E-state index contributed by atoms with van der Waals surface area (Å²) in [5, 5.41) is 6.09. The molecule has 1 N–H and O–H groups in total. The summed E-state index contributed by atoms with van der Waals surface area (Å²) in [7, 11) is 0. The van der Waals surface area contributed by atoms with Gasteiger partial charge in [0.15, 0.2) is 0 Å². The van der Waals surface area contributed by atoms with Crippen LogP contribution < -0.4 is 10.1 Å². The number of aryl methyl sites for hydroxylation is 2. The molecule has 5 heteroatoms. The van der Waals surface area contributed by atoms with E-state index < -0.39 is 0 Å². The van der Waals surface area contributed by atoms with Gasteiger partial charge in [0.2, 0.25) is 11.8 Å². The number of anilines is 1. The molecule has 4 nitrogen and oxygen atoms in total. The summed E-state index contributed by atoms with van der Waals surface area (Å²) in [5.41, 5.74) is 2.32. The summed E-state index contributed by atoms with van der Waals surface area (Å²) in [4.78, 5) is 9.90. The van der Waals surface area contributed by atoms with E-state index in [1.807, 2.05) is 37.4 Å². The van der Waals surface area contributed by atoms with Crippen LogP contribution in [-0.2, 0) is 0 Å². The number of benzene rings is 1. The molecule has 21 heavy (non-hydrogen) atoms. The van der Waals surface area contributed by atoms with Gasteiger partial charge < -0.3 is 10.1 Å². The lowest BCUT2D eigenvalue weighted by Gasteiger charge is -2.10. The fraction of sp³-hybridized carbons (Fsp3) is 0.250. The first-order valence-corrected chi connectivity index (χ1v) is 7.79. The predicted octanol–water partition coefficient (Wildman–Crippen LogP) is 4.53. The maximum atomic E-state index is 6.04. The minimum Gasteiger partial charge on any atom is -0.438 e. The molecule has 2 heterocycles. The lowest BCUT2D eigenvalue weighted by molar-refractivity contribution is 0.465. The first kappa shape index (κ1) is 13.8. The molecule has 1 aromatic carbocycles. The minimum atomic E-state index is 0.601. The van der Waals surface area contributed by atoms with Gasteiger partial charge in [-0.3, -0.25) is 0 Å². The zero-order valence-corrected chi connectivity index (χ0v) is 13.1. The van der Waals surface area contributed by atoms with Crippen molar-refractivity contribution in [2.75, 3.05) is 11.9 Å². The Morgan fingerprint density at radius 2 is 2.05 bits per heavy atom. The molecule has 3 rings (SSSR count). The highest BCUT2D eigenvalue weighted by atomic mass is 32.1. The van der Waals surface area contributed by atoms with Gasteiger partial charge in [0, 0.05) is 6.54 Å². The fourth-order valence-corrected chi connectivity index (χ4v) is 2.92. The Labute approximate surface area is 127 Å². The van der Waals surface area contributed by atoms with Crippen molar-refractivity contribution < 1.29 is 4.74 Å². The van der Waals surface area contributed by atoms with E-state index in [0.29, 0.717) is 11.8 Å². The summed E-state index contributed by atoms with van der Waals surface area (Å²) >= 11 is 1.59. The van der Waals surface area contributed by atoms with Crippen LogP contribution in [0, 0.1) is 13.8 Å². The normalized spacial score (nSPS) is 10.8. The average molecular weight is 299 g/mol. The smallest absolute Gasteiger partial charge is 0.232 e. The van der Waals surface area contributed by atoms with Crippen LogP contribution in [0.3, 0.4) is 0 Å². The molecule has 0 aliphatic heterocycles. The van der Waals surface area contributed by atoms with Crippen molar-refractivity contribution in [3.05, 3.63) is 40.8 Å². The van der Waals surface area contributed by atoms with Crippen molar-refractivity contribution >= 4 is 27.5 Å². The van der Waals surface area contributed by atoms with Gasteiger partial charge in [-0.1, -0.05) is 17.7 Å². The number of nitrogens with one attached hydrogen (secondary N) is 1. The third-order valence-electron chi connectivity index (χ3n) is 3.16. The van der Waals surface area contributed by atoms with Crippen LogP contribution >= 0.6 is 11.3 Å². The van der Waals surface area contributed by atoms with E-state index in [2.05, 4.69) is 28.3 Å². The van der Waals surface area contributed by atoms with Crippen LogP contribution in [-0.4, -0.2) is 16.5 Å². The summed E-state index contributed by atoms with van der Waals surface area (Å²) in [6, 6.07) is 8.12. The molecule has 108 valence electrons. The van der Waals surface area contributed by atoms with E-state index >= 15 is 0 Å². The van der Waals surface area contributed by atoms with Gasteiger partial charge in [-0.05, 0) is 43.8 Å². The third kappa shape index (κ3) is 2.83. The lowest BCUT2D eigenvalue weighted by Crippen LogP contribution is -2.03. The van der Waals surface area contributed by atoms with Crippen LogP contribution in [0.15, 0.2) is 29.6 Å². The molecule has 0 radical (unpaired) electrons. The van der Waals surface area contributed by atoms with Crippen LogP contribution in [0.2, 0.25) is 0 Å². The van der Waals surface area contributed by atoms with Gasteiger partial charge in [-0.25, -0.2) is 4.98 Å². The van der Waals surface area contributed by atoms with Crippen molar-refractivity contribution in [1.29, 1.82) is 0 Å². The maximum absolute atomic E-state index is 6.04. The van der Waals surface area contributed by atoms with Crippen LogP contribution in [0.4, 0.5) is 5.95 Å².